The van der Waals surface area contributed by atoms with Crippen molar-refractivity contribution in [2.24, 2.45) is 17.3 Å². The first-order valence-electron chi connectivity index (χ1n) is 5.14. The molecule has 0 aromatic carbocycles. The zero-order valence-electron chi connectivity index (χ0n) is 8.88. The molecule has 0 spiro atoms. The minimum absolute atomic E-state index is 0.380. The summed E-state index contributed by atoms with van der Waals surface area (Å²) < 4.78 is 0. The van der Waals surface area contributed by atoms with Gasteiger partial charge in [-0.05, 0) is 23.7 Å². The van der Waals surface area contributed by atoms with E-state index in [1.54, 1.807) is 6.08 Å². The Balaban J connectivity index is 2.76. The summed E-state index contributed by atoms with van der Waals surface area (Å²) in [6.07, 6.45) is 7.69. The minimum atomic E-state index is 0.380. The van der Waals surface area contributed by atoms with Crippen molar-refractivity contribution in [3.63, 3.8) is 0 Å². The highest BCUT2D eigenvalue weighted by atomic mass is 14.4. The zero-order chi connectivity index (χ0) is 9.90. The van der Waals surface area contributed by atoms with Gasteiger partial charge in [-0.25, -0.2) is 0 Å². The summed E-state index contributed by atoms with van der Waals surface area (Å²) in [5, 5.41) is 8.52. The summed E-state index contributed by atoms with van der Waals surface area (Å²) in [5.74, 6) is 1.31. The lowest BCUT2D eigenvalue weighted by molar-refractivity contribution is 0.123. The van der Waals surface area contributed by atoms with E-state index in [2.05, 4.69) is 32.9 Å². The third-order valence-electron chi connectivity index (χ3n) is 3.37. The summed E-state index contributed by atoms with van der Waals surface area (Å²) >= 11 is 0. The number of hydrogen-bond donors (Lipinski definition) is 0. The Kier molecular flexibility index (Phi) is 3.14. The minimum Gasteiger partial charge on any atom is -0.193 e. The number of allylic oxidation sites excluding steroid dienone is 2. The topological polar surface area (TPSA) is 23.8 Å². The van der Waals surface area contributed by atoms with Crippen LogP contribution < -0.4 is 0 Å². The Morgan fingerprint density at radius 2 is 2.15 bits per heavy atom. The van der Waals surface area contributed by atoms with Gasteiger partial charge in [0.15, 0.2) is 0 Å². The Hall–Kier alpha value is -0.770. The normalized spacial score (nSPS) is 33.1. The van der Waals surface area contributed by atoms with E-state index in [-0.39, 0.29) is 0 Å². The Labute approximate surface area is 81.5 Å². The first kappa shape index (κ1) is 10.3. The summed E-state index contributed by atoms with van der Waals surface area (Å²) in [6, 6.07) is 2.09. The fourth-order valence-electron chi connectivity index (χ4n) is 2.59. The van der Waals surface area contributed by atoms with Gasteiger partial charge in [0.05, 0.1) is 6.07 Å². The molecule has 0 heterocycles. The number of rotatable bonds is 1. The van der Waals surface area contributed by atoms with Crippen LogP contribution in [0.15, 0.2) is 12.2 Å². The standard InChI is InChI=1S/C12H19N/c1-10-6-4-8-12(2,3)11(10)7-5-9-13/h5,7,10-11H,4,6,8H2,1-3H3/b7-5+/t10-,11+/m0/s1. The van der Waals surface area contributed by atoms with Crippen molar-refractivity contribution in [1.29, 1.82) is 5.26 Å². The van der Waals surface area contributed by atoms with Gasteiger partial charge < -0.3 is 0 Å². The molecule has 1 heteroatoms. The van der Waals surface area contributed by atoms with Crippen LogP contribution >= 0.6 is 0 Å². The van der Waals surface area contributed by atoms with Crippen LogP contribution in [0.3, 0.4) is 0 Å². The van der Waals surface area contributed by atoms with E-state index >= 15 is 0 Å². The van der Waals surface area contributed by atoms with Gasteiger partial charge in [-0.3, -0.25) is 0 Å². The Morgan fingerprint density at radius 3 is 2.69 bits per heavy atom. The van der Waals surface area contributed by atoms with Gasteiger partial charge in [0.1, 0.15) is 0 Å². The van der Waals surface area contributed by atoms with E-state index < -0.39 is 0 Å². The highest BCUT2D eigenvalue weighted by molar-refractivity contribution is 5.08. The second-order valence-corrected chi connectivity index (χ2v) is 4.87. The van der Waals surface area contributed by atoms with Crippen molar-refractivity contribution in [2.75, 3.05) is 0 Å². The largest absolute Gasteiger partial charge is 0.193 e. The Bertz CT molecular complexity index is 232. The van der Waals surface area contributed by atoms with Crippen LogP contribution in [0.4, 0.5) is 0 Å². The molecule has 1 saturated carbocycles. The smallest absolute Gasteiger partial charge is 0.0908 e. The predicted octanol–water partition coefficient (Wildman–Crippen LogP) is 3.53. The van der Waals surface area contributed by atoms with Gasteiger partial charge in [0, 0.05) is 6.08 Å². The molecule has 1 rings (SSSR count). The molecule has 1 fully saturated rings. The fourth-order valence-corrected chi connectivity index (χ4v) is 2.59. The predicted molar refractivity (Wildman–Crippen MR) is 55.0 cm³/mol. The van der Waals surface area contributed by atoms with E-state index in [1.807, 2.05) is 0 Å². The molecule has 1 nitrogen and oxygen atoms in total. The van der Waals surface area contributed by atoms with Crippen LogP contribution in [0.5, 0.6) is 0 Å². The van der Waals surface area contributed by atoms with Crippen molar-refractivity contribution in [1.82, 2.24) is 0 Å². The van der Waals surface area contributed by atoms with Gasteiger partial charge in [-0.1, -0.05) is 39.7 Å². The maximum absolute atomic E-state index is 8.52. The molecule has 0 bridgehead atoms. The molecule has 2 atom stereocenters. The molecule has 0 N–H and O–H groups in total. The second-order valence-electron chi connectivity index (χ2n) is 4.87. The van der Waals surface area contributed by atoms with Gasteiger partial charge in [-0.15, -0.1) is 0 Å². The molecule has 1 aliphatic carbocycles. The lowest BCUT2D eigenvalue weighted by Gasteiger charge is -2.41. The van der Waals surface area contributed by atoms with Gasteiger partial charge in [0.2, 0.25) is 0 Å². The molecular weight excluding hydrogens is 158 g/mol. The second kappa shape index (κ2) is 3.96. The van der Waals surface area contributed by atoms with Gasteiger partial charge in [-0.2, -0.15) is 5.26 Å². The molecule has 72 valence electrons. The zero-order valence-corrected chi connectivity index (χ0v) is 8.88. The average Bonchev–Trinajstić information content (AvgIpc) is 2.02. The number of nitriles is 1. The molecule has 0 aliphatic heterocycles. The molecular formula is C12H19N. The van der Waals surface area contributed by atoms with Crippen molar-refractivity contribution >= 4 is 0 Å². The van der Waals surface area contributed by atoms with Gasteiger partial charge in [0.25, 0.3) is 0 Å². The number of nitrogens with zero attached hydrogens (tertiary/aromatic N) is 1. The third kappa shape index (κ3) is 2.34. The SMILES string of the molecule is C[C@H]1CCCC(C)(C)[C@@H]1/C=C/C#N. The van der Waals surface area contributed by atoms with E-state index in [4.69, 9.17) is 5.26 Å². The molecule has 0 amide bonds. The average molecular weight is 177 g/mol. The van der Waals surface area contributed by atoms with Crippen LogP contribution in [-0.2, 0) is 0 Å². The van der Waals surface area contributed by atoms with Crippen LogP contribution in [0.1, 0.15) is 40.0 Å². The number of hydrogen-bond acceptors (Lipinski definition) is 1. The first-order chi connectivity index (χ1) is 6.08. The lowest BCUT2D eigenvalue weighted by atomic mass is 9.64. The van der Waals surface area contributed by atoms with E-state index in [0.29, 0.717) is 11.3 Å². The monoisotopic (exact) mass is 177 g/mol. The summed E-state index contributed by atoms with van der Waals surface area (Å²) in [5.41, 5.74) is 0.380. The van der Waals surface area contributed by atoms with E-state index in [1.165, 1.54) is 19.3 Å². The summed E-state index contributed by atoms with van der Waals surface area (Å²) in [6.45, 7) is 6.93. The Morgan fingerprint density at radius 1 is 1.46 bits per heavy atom. The molecule has 0 aromatic heterocycles. The molecule has 13 heavy (non-hydrogen) atoms. The quantitative estimate of drug-likeness (QED) is 0.562. The van der Waals surface area contributed by atoms with Crippen molar-refractivity contribution in [2.45, 2.75) is 40.0 Å². The van der Waals surface area contributed by atoms with Crippen LogP contribution in [0, 0.1) is 28.6 Å². The molecule has 0 aromatic rings. The molecule has 0 radical (unpaired) electrons. The molecule has 0 unspecified atom stereocenters. The van der Waals surface area contributed by atoms with Crippen molar-refractivity contribution < 1.29 is 0 Å². The van der Waals surface area contributed by atoms with Crippen LogP contribution in [0.2, 0.25) is 0 Å². The highest BCUT2D eigenvalue weighted by Gasteiger charge is 2.34. The maximum Gasteiger partial charge on any atom is 0.0908 e. The highest BCUT2D eigenvalue weighted by Crippen LogP contribution is 2.44. The molecule has 0 saturated heterocycles. The summed E-state index contributed by atoms with van der Waals surface area (Å²) in [4.78, 5) is 0. The lowest BCUT2D eigenvalue weighted by Crippen LogP contribution is -2.32. The van der Waals surface area contributed by atoms with Crippen LogP contribution in [-0.4, -0.2) is 0 Å². The maximum atomic E-state index is 8.52. The van der Waals surface area contributed by atoms with E-state index in [0.717, 1.165) is 5.92 Å². The van der Waals surface area contributed by atoms with Crippen LogP contribution in [0.25, 0.3) is 0 Å². The van der Waals surface area contributed by atoms with Gasteiger partial charge >= 0.3 is 0 Å². The van der Waals surface area contributed by atoms with Crippen molar-refractivity contribution in [3.05, 3.63) is 12.2 Å². The third-order valence-corrected chi connectivity index (χ3v) is 3.37. The molecule has 1 aliphatic rings. The fraction of sp³-hybridized carbons (Fsp3) is 0.750. The van der Waals surface area contributed by atoms with Crippen molar-refractivity contribution in [3.8, 4) is 6.07 Å². The first-order valence-corrected chi connectivity index (χ1v) is 5.14. The summed E-state index contributed by atoms with van der Waals surface area (Å²) in [7, 11) is 0. The van der Waals surface area contributed by atoms with E-state index in [9.17, 15) is 0 Å².